The van der Waals surface area contributed by atoms with Gasteiger partial charge in [-0.3, -0.25) is 9.69 Å². The van der Waals surface area contributed by atoms with Gasteiger partial charge in [0, 0.05) is 24.3 Å². The van der Waals surface area contributed by atoms with E-state index >= 15 is 0 Å². The van der Waals surface area contributed by atoms with Crippen molar-refractivity contribution in [1.82, 2.24) is 25.2 Å². The van der Waals surface area contributed by atoms with E-state index in [9.17, 15) is 14.0 Å². The lowest BCUT2D eigenvalue weighted by atomic mass is 9.98. The number of hydrogen-bond donors (Lipinski definition) is 1. The molecule has 1 saturated heterocycles. The normalized spacial score (nSPS) is 16.3. The molecule has 1 unspecified atom stereocenters. The van der Waals surface area contributed by atoms with E-state index in [0.29, 0.717) is 35.7 Å². The van der Waals surface area contributed by atoms with Crippen molar-refractivity contribution in [1.29, 1.82) is 0 Å². The van der Waals surface area contributed by atoms with Crippen molar-refractivity contribution in [2.45, 2.75) is 71.6 Å². The van der Waals surface area contributed by atoms with Gasteiger partial charge in [0.05, 0.1) is 6.04 Å². The maximum atomic E-state index is 13.6. The van der Waals surface area contributed by atoms with Crippen LogP contribution in [-0.4, -0.2) is 50.0 Å². The second-order valence-corrected chi connectivity index (χ2v) is 10.2. The molecule has 9 nitrogen and oxygen atoms in total. The van der Waals surface area contributed by atoms with Crippen LogP contribution in [0.4, 0.5) is 9.18 Å². The molecule has 192 valence electrons. The summed E-state index contributed by atoms with van der Waals surface area (Å²) in [5.41, 5.74) is 1.12. The molecule has 0 saturated carbocycles. The second-order valence-electron chi connectivity index (χ2n) is 10.2. The quantitative estimate of drug-likeness (QED) is 0.515. The van der Waals surface area contributed by atoms with Crippen molar-refractivity contribution >= 4 is 12.0 Å². The number of benzene rings is 1. The van der Waals surface area contributed by atoms with Gasteiger partial charge < -0.3 is 14.6 Å². The highest BCUT2D eigenvalue weighted by atomic mass is 19.1. The van der Waals surface area contributed by atoms with E-state index in [0.717, 1.165) is 12.8 Å². The van der Waals surface area contributed by atoms with Gasteiger partial charge in [-0.2, -0.15) is 5.10 Å². The fourth-order valence-corrected chi connectivity index (χ4v) is 4.18. The first kappa shape index (κ1) is 25.4. The predicted octanol–water partition coefficient (Wildman–Crippen LogP) is 5.27. The van der Waals surface area contributed by atoms with E-state index in [-0.39, 0.29) is 23.5 Å². The molecule has 0 spiro atoms. The summed E-state index contributed by atoms with van der Waals surface area (Å²) in [6.07, 6.45) is 3.59. The van der Waals surface area contributed by atoms with Crippen LogP contribution in [0.15, 0.2) is 41.1 Å². The number of ether oxygens (including phenoxy) is 1. The van der Waals surface area contributed by atoms with E-state index in [1.165, 1.54) is 16.8 Å². The van der Waals surface area contributed by atoms with Crippen LogP contribution in [0.2, 0.25) is 0 Å². The lowest BCUT2D eigenvalue weighted by Crippen LogP contribution is -2.42. The first-order chi connectivity index (χ1) is 17.0. The van der Waals surface area contributed by atoms with Gasteiger partial charge in [-0.05, 0) is 84.2 Å². The predicted molar refractivity (Wildman–Crippen MR) is 131 cm³/mol. The molecule has 0 aliphatic carbocycles. The number of carbonyl (C=O) groups is 2. The van der Waals surface area contributed by atoms with E-state index in [1.807, 2.05) is 34.6 Å². The van der Waals surface area contributed by atoms with Crippen LogP contribution in [-0.2, 0) is 4.74 Å². The SMILES string of the molecule is CC(C)NC(=O)c1ccn(-c2c(-c3ccc(F)cc3)noc2C2CCCCN2C(=O)OC(C)(C)C)n1. The zero-order chi connectivity index (χ0) is 26.0. The number of rotatable bonds is 5. The van der Waals surface area contributed by atoms with Crippen molar-refractivity contribution in [3.8, 4) is 16.9 Å². The van der Waals surface area contributed by atoms with Crippen LogP contribution >= 0.6 is 0 Å². The first-order valence-electron chi connectivity index (χ1n) is 12.2. The molecule has 1 aromatic carbocycles. The summed E-state index contributed by atoms with van der Waals surface area (Å²) in [5.74, 6) is -0.254. The summed E-state index contributed by atoms with van der Waals surface area (Å²) < 4.78 is 26.7. The maximum Gasteiger partial charge on any atom is 0.410 e. The fraction of sp³-hybridized carbons (Fsp3) is 0.462. The molecule has 1 atom stereocenters. The molecule has 1 N–H and O–H groups in total. The van der Waals surface area contributed by atoms with Crippen LogP contribution in [0, 0.1) is 5.82 Å². The third-order valence-electron chi connectivity index (χ3n) is 5.71. The van der Waals surface area contributed by atoms with Gasteiger partial charge in [-0.15, -0.1) is 0 Å². The summed E-state index contributed by atoms with van der Waals surface area (Å²) in [7, 11) is 0. The van der Waals surface area contributed by atoms with Crippen molar-refractivity contribution < 1.29 is 23.2 Å². The third-order valence-corrected chi connectivity index (χ3v) is 5.71. The number of hydrogen-bond acceptors (Lipinski definition) is 6. The first-order valence-corrected chi connectivity index (χ1v) is 12.2. The Kier molecular flexibility index (Phi) is 7.14. The Bertz CT molecular complexity index is 1230. The molecule has 3 aromatic rings. The van der Waals surface area contributed by atoms with Crippen LogP contribution < -0.4 is 5.32 Å². The van der Waals surface area contributed by atoms with Crippen molar-refractivity contribution in [2.75, 3.05) is 6.54 Å². The lowest BCUT2D eigenvalue weighted by Gasteiger charge is -2.35. The van der Waals surface area contributed by atoms with Gasteiger partial charge in [0.2, 0.25) is 0 Å². The minimum atomic E-state index is -0.650. The topological polar surface area (TPSA) is 102 Å². The summed E-state index contributed by atoms with van der Waals surface area (Å²) >= 11 is 0. The summed E-state index contributed by atoms with van der Waals surface area (Å²) in [6, 6.07) is 6.99. The number of piperidine rings is 1. The Morgan fingerprint density at radius 1 is 1.17 bits per heavy atom. The Morgan fingerprint density at radius 3 is 2.56 bits per heavy atom. The molecule has 36 heavy (non-hydrogen) atoms. The Morgan fingerprint density at radius 2 is 1.89 bits per heavy atom. The Hall–Kier alpha value is -3.69. The molecule has 1 fully saturated rings. The standard InChI is InChI=1S/C26H32FN5O4/c1-16(2)28-24(33)19-13-15-32(29-19)22-21(17-9-11-18(27)12-10-17)30-36-23(22)20-8-6-7-14-31(20)25(34)35-26(3,4)5/h9-13,15-16,20H,6-8,14H2,1-5H3,(H,28,33). The lowest BCUT2D eigenvalue weighted by molar-refractivity contribution is 0.00611. The highest BCUT2D eigenvalue weighted by molar-refractivity contribution is 5.92. The van der Waals surface area contributed by atoms with Gasteiger partial charge >= 0.3 is 6.09 Å². The molecule has 10 heteroatoms. The monoisotopic (exact) mass is 497 g/mol. The number of nitrogens with one attached hydrogen (secondary N) is 1. The number of halogens is 1. The zero-order valence-electron chi connectivity index (χ0n) is 21.2. The van der Waals surface area contributed by atoms with E-state index in [1.54, 1.807) is 29.3 Å². The van der Waals surface area contributed by atoms with E-state index < -0.39 is 17.7 Å². The van der Waals surface area contributed by atoms with Gasteiger partial charge in [0.1, 0.15) is 22.8 Å². The van der Waals surface area contributed by atoms with E-state index in [2.05, 4.69) is 15.6 Å². The van der Waals surface area contributed by atoms with Crippen LogP contribution in [0.3, 0.4) is 0 Å². The third kappa shape index (κ3) is 5.58. The smallest absolute Gasteiger partial charge is 0.410 e. The summed E-state index contributed by atoms with van der Waals surface area (Å²) in [4.78, 5) is 27.3. The summed E-state index contributed by atoms with van der Waals surface area (Å²) in [6.45, 7) is 9.71. The Balaban J connectivity index is 1.79. The Labute approximate surface area is 209 Å². The summed E-state index contributed by atoms with van der Waals surface area (Å²) in [5, 5.41) is 11.6. The molecule has 4 rings (SSSR count). The average Bonchev–Trinajstić information content (AvgIpc) is 3.45. The van der Waals surface area contributed by atoms with Gasteiger partial charge in [0.15, 0.2) is 11.5 Å². The average molecular weight is 498 g/mol. The molecule has 2 amide bonds. The van der Waals surface area contributed by atoms with Gasteiger partial charge in [-0.25, -0.2) is 13.9 Å². The van der Waals surface area contributed by atoms with Crippen molar-refractivity contribution in [3.63, 3.8) is 0 Å². The number of amides is 2. The highest BCUT2D eigenvalue weighted by Gasteiger charge is 2.37. The molecular formula is C26H32FN5O4. The maximum absolute atomic E-state index is 13.6. The minimum Gasteiger partial charge on any atom is -0.444 e. The molecule has 1 aliphatic heterocycles. The minimum absolute atomic E-state index is 0.0480. The molecule has 2 aromatic heterocycles. The second kappa shape index (κ2) is 10.1. The van der Waals surface area contributed by atoms with Crippen molar-refractivity contribution in [3.05, 3.63) is 53.8 Å². The van der Waals surface area contributed by atoms with Gasteiger partial charge in [0.25, 0.3) is 5.91 Å². The number of aromatic nitrogens is 3. The zero-order valence-corrected chi connectivity index (χ0v) is 21.2. The number of likely N-dealkylation sites (tertiary alicyclic amines) is 1. The molecule has 0 radical (unpaired) electrons. The highest BCUT2D eigenvalue weighted by Crippen LogP contribution is 2.39. The molecule has 0 bridgehead atoms. The van der Waals surface area contributed by atoms with Crippen LogP contribution in [0.5, 0.6) is 0 Å². The molecular weight excluding hydrogens is 465 g/mol. The van der Waals surface area contributed by atoms with E-state index in [4.69, 9.17) is 9.26 Å². The molecule has 1 aliphatic rings. The van der Waals surface area contributed by atoms with Crippen LogP contribution in [0.1, 0.15) is 76.2 Å². The van der Waals surface area contributed by atoms with Crippen molar-refractivity contribution in [2.24, 2.45) is 0 Å². The molecule has 3 heterocycles. The largest absolute Gasteiger partial charge is 0.444 e. The fourth-order valence-electron chi connectivity index (χ4n) is 4.18. The number of carbonyl (C=O) groups excluding carboxylic acids is 2. The van der Waals surface area contributed by atoms with Gasteiger partial charge in [-0.1, -0.05) is 5.16 Å². The number of nitrogens with zero attached hydrogens (tertiary/aromatic N) is 4. The van der Waals surface area contributed by atoms with Crippen LogP contribution in [0.25, 0.3) is 16.9 Å².